The maximum atomic E-state index is 13.0. The van der Waals surface area contributed by atoms with Crippen LogP contribution in [0, 0.1) is 6.92 Å². The number of carboxylic acid groups (broad SMARTS) is 1. The minimum absolute atomic E-state index is 0.0588. The van der Waals surface area contributed by atoms with Gasteiger partial charge in [-0.1, -0.05) is 18.2 Å². The number of alkyl halides is 3. The summed E-state index contributed by atoms with van der Waals surface area (Å²) >= 11 is 1.37. The highest BCUT2D eigenvalue weighted by Crippen LogP contribution is 2.37. The van der Waals surface area contributed by atoms with E-state index in [4.69, 9.17) is 9.84 Å². The van der Waals surface area contributed by atoms with Crippen molar-refractivity contribution in [2.45, 2.75) is 44.7 Å². The Labute approximate surface area is 187 Å². The van der Waals surface area contributed by atoms with Crippen molar-refractivity contribution in [1.29, 1.82) is 0 Å². The SMILES string of the molecule is Cc1sc(-c2cccc(C(F)(F)F)c2)nc1CCOc1ccc2c(c1)CCC2CC(=O)O. The summed E-state index contributed by atoms with van der Waals surface area (Å²) in [5.74, 6) is 0.000459. The zero-order valence-electron chi connectivity index (χ0n) is 17.4. The summed E-state index contributed by atoms with van der Waals surface area (Å²) in [4.78, 5) is 16.5. The number of fused-ring (bicyclic) bond motifs is 1. The molecule has 1 aromatic heterocycles. The highest BCUT2D eigenvalue weighted by atomic mass is 32.1. The Kier molecular flexibility index (Phi) is 6.24. The summed E-state index contributed by atoms with van der Waals surface area (Å²) in [6.45, 7) is 2.30. The molecular formula is C24H22F3NO3S. The number of aromatic nitrogens is 1. The van der Waals surface area contributed by atoms with Gasteiger partial charge in [-0.15, -0.1) is 11.3 Å². The number of ether oxygens (including phenoxy) is 1. The first-order valence-electron chi connectivity index (χ1n) is 10.3. The van der Waals surface area contributed by atoms with Crippen molar-refractivity contribution >= 4 is 17.3 Å². The van der Waals surface area contributed by atoms with Gasteiger partial charge in [-0.25, -0.2) is 4.98 Å². The predicted molar refractivity (Wildman–Crippen MR) is 116 cm³/mol. The van der Waals surface area contributed by atoms with Crippen LogP contribution >= 0.6 is 11.3 Å². The zero-order chi connectivity index (χ0) is 22.9. The van der Waals surface area contributed by atoms with Gasteiger partial charge in [0.05, 0.1) is 24.3 Å². The van der Waals surface area contributed by atoms with E-state index in [2.05, 4.69) is 4.98 Å². The van der Waals surface area contributed by atoms with Gasteiger partial charge in [-0.05, 0) is 61.1 Å². The molecule has 4 nitrogen and oxygen atoms in total. The van der Waals surface area contributed by atoms with Crippen LogP contribution in [0.25, 0.3) is 10.6 Å². The molecule has 0 spiro atoms. The molecule has 4 rings (SSSR count). The van der Waals surface area contributed by atoms with E-state index < -0.39 is 17.7 Å². The van der Waals surface area contributed by atoms with Crippen LogP contribution in [0.2, 0.25) is 0 Å². The van der Waals surface area contributed by atoms with E-state index in [1.807, 2.05) is 25.1 Å². The lowest BCUT2D eigenvalue weighted by molar-refractivity contribution is -0.138. The summed E-state index contributed by atoms with van der Waals surface area (Å²) in [5.41, 5.74) is 2.79. The Morgan fingerprint density at radius 1 is 1.25 bits per heavy atom. The number of thiazole rings is 1. The number of carboxylic acids is 1. The van der Waals surface area contributed by atoms with Crippen LogP contribution < -0.4 is 4.74 Å². The molecule has 1 unspecified atom stereocenters. The van der Waals surface area contributed by atoms with Crippen LogP contribution in [-0.4, -0.2) is 22.7 Å². The molecule has 1 heterocycles. The van der Waals surface area contributed by atoms with Crippen LogP contribution in [-0.2, 0) is 23.8 Å². The lowest BCUT2D eigenvalue weighted by atomic mass is 9.98. The van der Waals surface area contributed by atoms with Crippen molar-refractivity contribution in [3.05, 3.63) is 69.7 Å². The number of hydrogen-bond acceptors (Lipinski definition) is 4. The first-order valence-corrected chi connectivity index (χ1v) is 11.1. The third-order valence-electron chi connectivity index (χ3n) is 5.67. The molecule has 0 fully saturated rings. The normalized spacial score (nSPS) is 15.6. The number of carbonyl (C=O) groups is 1. The number of halogens is 3. The smallest absolute Gasteiger partial charge is 0.416 e. The molecule has 1 N–H and O–H groups in total. The lowest BCUT2D eigenvalue weighted by Gasteiger charge is -2.10. The fourth-order valence-electron chi connectivity index (χ4n) is 4.07. The van der Waals surface area contributed by atoms with Crippen molar-refractivity contribution in [2.24, 2.45) is 0 Å². The van der Waals surface area contributed by atoms with Gasteiger partial charge < -0.3 is 9.84 Å². The molecule has 1 aliphatic rings. The molecular weight excluding hydrogens is 439 g/mol. The first kappa shape index (κ1) is 22.3. The minimum atomic E-state index is -4.39. The highest BCUT2D eigenvalue weighted by molar-refractivity contribution is 7.15. The van der Waals surface area contributed by atoms with Gasteiger partial charge in [0.1, 0.15) is 10.8 Å². The van der Waals surface area contributed by atoms with Crippen molar-refractivity contribution in [2.75, 3.05) is 6.61 Å². The molecule has 0 radical (unpaired) electrons. The fourth-order valence-corrected chi connectivity index (χ4v) is 5.03. The van der Waals surface area contributed by atoms with Crippen molar-refractivity contribution < 1.29 is 27.8 Å². The van der Waals surface area contributed by atoms with Crippen LogP contribution in [0.4, 0.5) is 13.2 Å². The van der Waals surface area contributed by atoms with Gasteiger partial charge in [0, 0.05) is 16.9 Å². The number of nitrogens with zero attached hydrogens (tertiary/aromatic N) is 1. The second-order valence-electron chi connectivity index (χ2n) is 7.89. The molecule has 0 bridgehead atoms. The molecule has 0 aliphatic heterocycles. The molecule has 168 valence electrons. The van der Waals surface area contributed by atoms with Crippen molar-refractivity contribution in [3.8, 4) is 16.3 Å². The van der Waals surface area contributed by atoms with Crippen LogP contribution in [0.15, 0.2) is 42.5 Å². The van der Waals surface area contributed by atoms with Gasteiger partial charge in [-0.3, -0.25) is 4.79 Å². The third kappa shape index (κ3) is 4.96. The van der Waals surface area contributed by atoms with E-state index in [1.165, 1.54) is 17.4 Å². The highest BCUT2D eigenvalue weighted by Gasteiger charge is 2.30. The molecule has 0 saturated heterocycles. The van der Waals surface area contributed by atoms with Gasteiger partial charge in [0.2, 0.25) is 0 Å². The van der Waals surface area contributed by atoms with Crippen LogP contribution in [0.1, 0.15) is 46.0 Å². The zero-order valence-corrected chi connectivity index (χ0v) is 18.2. The maximum Gasteiger partial charge on any atom is 0.416 e. The average molecular weight is 462 g/mol. The third-order valence-corrected chi connectivity index (χ3v) is 6.74. The Bertz CT molecular complexity index is 1140. The van der Waals surface area contributed by atoms with Crippen molar-refractivity contribution in [1.82, 2.24) is 4.98 Å². The predicted octanol–water partition coefficient (Wildman–Crippen LogP) is 6.26. The Morgan fingerprint density at radius 2 is 2.06 bits per heavy atom. The molecule has 8 heteroatoms. The summed E-state index contributed by atoms with van der Waals surface area (Å²) in [6.07, 6.45) is -2.02. The first-order chi connectivity index (χ1) is 15.2. The van der Waals surface area contributed by atoms with E-state index in [-0.39, 0.29) is 12.3 Å². The summed E-state index contributed by atoms with van der Waals surface area (Å²) in [7, 11) is 0. The quantitative estimate of drug-likeness (QED) is 0.451. The van der Waals surface area contributed by atoms with E-state index >= 15 is 0 Å². The van der Waals surface area contributed by atoms with Crippen LogP contribution in [0.5, 0.6) is 5.75 Å². The molecule has 0 saturated carbocycles. The molecule has 2 aromatic carbocycles. The van der Waals surface area contributed by atoms with E-state index in [9.17, 15) is 18.0 Å². The summed E-state index contributed by atoms with van der Waals surface area (Å²) in [6, 6.07) is 11.0. The molecule has 1 atom stereocenters. The molecule has 0 amide bonds. The van der Waals surface area contributed by atoms with Gasteiger partial charge in [-0.2, -0.15) is 13.2 Å². The van der Waals surface area contributed by atoms with Crippen LogP contribution in [0.3, 0.4) is 0 Å². The number of hydrogen-bond donors (Lipinski definition) is 1. The largest absolute Gasteiger partial charge is 0.493 e. The van der Waals surface area contributed by atoms with Crippen molar-refractivity contribution in [3.63, 3.8) is 0 Å². The number of rotatable bonds is 7. The Balaban J connectivity index is 1.40. The van der Waals surface area contributed by atoms with E-state index in [0.717, 1.165) is 52.4 Å². The molecule has 1 aliphatic carbocycles. The average Bonchev–Trinajstić information content (AvgIpc) is 3.30. The van der Waals surface area contributed by atoms with E-state index in [0.29, 0.717) is 23.6 Å². The topological polar surface area (TPSA) is 59.4 Å². The monoisotopic (exact) mass is 461 g/mol. The summed E-state index contributed by atoms with van der Waals surface area (Å²) < 4.78 is 44.9. The maximum absolute atomic E-state index is 13.0. The minimum Gasteiger partial charge on any atom is -0.493 e. The van der Waals surface area contributed by atoms with Gasteiger partial charge in [0.25, 0.3) is 0 Å². The van der Waals surface area contributed by atoms with Gasteiger partial charge >= 0.3 is 12.1 Å². The fraction of sp³-hybridized carbons (Fsp3) is 0.333. The second kappa shape index (κ2) is 8.94. The number of benzene rings is 2. The standard InChI is InChI=1S/C24H22F3NO3S/c1-14-21(28-23(32-14)17-3-2-4-18(11-17)24(25,26)27)9-10-31-19-7-8-20-15(12-19)5-6-16(20)13-22(29)30/h2-4,7-8,11-12,16H,5-6,9-10,13H2,1H3,(H,29,30). The summed E-state index contributed by atoms with van der Waals surface area (Å²) in [5, 5.41) is 9.61. The van der Waals surface area contributed by atoms with Gasteiger partial charge in [0.15, 0.2) is 0 Å². The Morgan fingerprint density at radius 3 is 2.81 bits per heavy atom. The number of aryl methyl sites for hydroxylation is 2. The molecule has 32 heavy (non-hydrogen) atoms. The second-order valence-corrected chi connectivity index (χ2v) is 9.10. The van der Waals surface area contributed by atoms with E-state index in [1.54, 1.807) is 6.07 Å². The number of aliphatic carboxylic acids is 1. The Hall–Kier alpha value is -2.87. The molecule has 3 aromatic rings. The lowest BCUT2D eigenvalue weighted by Crippen LogP contribution is -2.05.